The fourth-order valence-corrected chi connectivity index (χ4v) is 1.93. The fourth-order valence-electron chi connectivity index (χ4n) is 1.93. The van der Waals surface area contributed by atoms with Crippen LogP contribution in [0.2, 0.25) is 0 Å². The Kier molecular flexibility index (Phi) is 5.21. The number of rotatable bonds is 5. The van der Waals surface area contributed by atoms with Gasteiger partial charge in [-0.2, -0.15) is 0 Å². The molecule has 0 atom stereocenters. The Morgan fingerprint density at radius 3 is 2.52 bits per heavy atom. The van der Waals surface area contributed by atoms with Gasteiger partial charge < -0.3 is 15.4 Å². The molecule has 0 aliphatic heterocycles. The average Bonchev–Trinajstić information content (AvgIpc) is 2.53. The Morgan fingerprint density at radius 2 is 1.91 bits per heavy atom. The highest BCUT2D eigenvalue weighted by Gasteiger charge is 2.21. The molecule has 1 heterocycles. The minimum Gasteiger partial charge on any atom is -0.496 e. The van der Waals surface area contributed by atoms with E-state index in [1.54, 1.807) is 13.3 Å². The molecule has 0 spiro atoms. The third-order valence-corrected chi connectivity index (χ3v) is 3.36. The molecule has 0 fully saturated rings. The maximum Gasteiger partial charge on any atom is 0.229 e. The molecule has 2 N–H and O–H groups in total. The molecule has 1 aromatic carbocycles. The number of hydrogen-bond donors (Lipinski definition) is 2. The maximum atomic E-state index is 11.9. The summed E-state index contributed by atoms with van der Waals surface area (Å²) >= 11 is 0. The summed E-state index contributed by atoms with van der Waals surface area (Å²) in [6.07, 6.45) is 1.65. The van der Waals surface area contributed by atoms with Crippen molar-refractivity contribution in [3.8, 4) is 5.75 Å². The molecule has 0 bridgehead atoms. The smallest absolute Gasteiger partial charge is 0.229 e. The number of pyridine rings is 1. The van der Waals surface area contributed by atoms with Crippen molar-refractivity contribution >= 4 is 17.4 Å². The maximum absolute atomic E-state index is 11.9. The molecule has 5 heteroatoms. The molecule has 23 heavy (non-hydrogen) atoms. The quantitative estimate of drug-likeness (QED) is 0.883. The van der Waals surface area contributed by atoms with E-state index in [4.69, 9.17) is 4.74 Å². The number of carbonyl (C=O) groups is 1. The summed E-state index contributed by atoms with van der Waals surface area (Å²) in [7, 11) is 1.66. The highest BCUT2D eigenvalue weighted by Crippen LogP contribution is 2.20. The Labute approximate surface area is 137 Å². The van der Waals surface area contributed by atoms with Gasteiger partial charge in [-0.25, -0.2) is 4.98 Å². The van der Waals surface area contributed by atoms with Crippen LogP contribution in [0.1, 0.15) is 26.3 Å². The Morgan fingerprint density at radius 1 is 1.17 bits per heavy atom. The molecule has 1 amide bonds. The molecule has 2 rings (SSSR count). The van der Waals surface area contributed by atoms with Crippen molar-refractivity contribution in [3.63, 3.8) is 0 Å². The van der Waals surface area contributed by atoms with E-state index < -0.39 is 5.41 Å². The van der Waals surface area contributed by atoms with Gasteiger partial charge in [0.2, 0.25) is 5.91 Å². The first-order valence-electron chi connectivity index (χ1n) is 7.53. The van der Waals surface area contributed by atoms with Gasteiger partial charge in [0, 0.05) is 17.5 Å². The van der Waals surface area contributed by atoms with Crippen molar-refractivity contribution in [2.45, 2.75) is 27.3 Å². The zero-order valence-electron chi connectivity index (χ0n) is 14.0. The lowest BCUT2D eigenvalue weighted by atomic mass is 9.96. The Balaban J connectivity index is 1.96. The van der Waals surface area contributed by atoms with Crippen LogP contribution in [0.25, 0.3) is 0 Å². The van der Waals surface area contributed by atoms with Crippen molar-refractivity contribution in [3.05, 3.63) is 48.2 Å². The molecular weight excluding hydrogens is 290 g/mol. The first-order valence-corrected chi connectivity index (χ1v) is 7.53. The van der Waals surface area contributed by atoms with Gasteiger partial charge in [-0.1, -0.05) is 39.0 Å². The topological polar surface area (TPSA) is 63.2 Å². The summed E-state index contributed by atoms with van der Waals surface area (Å²) in [6.45, 7) is 6.24. The van der Waals surface area contributed by atoms with E-state index in [0.717, 1.165) is 17.1 Å². The SMILES string of the molecule is COc1ccccc1CNc1ccc(NC(=O)C(C)(C)C)cn1. The van der Waals surface area contributed by atoms with Gasteiger partial charge >= 0.3 is 0 Å². The Bertz CT molecular complexity index is 661. The third-order valence-electron chi connectivity index (χ3n) is 3.36. The normalized spacial score (nSPS) is 11.0. The number of nitrogens with zero attached hydrogens (tertiary/aromatic N) is 1. The van der Waals surface area contributed by atoms with Crippen LogP contribution in [0, 0.1) is 5.41 Å². The number of anilines is 2. The van der Waals surface area contributed by atoms with E-state index in [-0.39, 0.29) is 5.91 Å². The van der Waals surface area contributed by atoms with E-state index >= 15 is 0 Å². The minimum atomic E-state index is -0.430. The molecule has 0 aliphatic carbocycles. The van der Waals surface area contributed by atoms with E-state index in [2.05, 4.69) is 15.6 Å². The lowest BCUT2D eigenvalue weighted by Crippen LogP contribution is -2.27. The van der Waals surface area contributed by atoms with Gasteiger partial charge in [-0.3, -0.25) is 4.79 Å². The predicted molar refractivity (Wildman–Crippen MR) is 92.6 cm³/mol. The summed E-state index contributed by atoms with van der Waals surface area (Å²) in [5.41, 5.74) is 1.32. The van der Waals surface area contributed by atoms with Crippen LogP contribution in [0.3, 0.4) is 0 Å². The molecule has 5 nitrogen and oxygen atoms in total. The number of methoxy groups -OCH3 is 1. The number of hydrogen-bond acceptors (Lipinski definition) is 4. The number of benzene rings is 1. The number of aromatic nitrogens is 1. The van der Waals surface area contributed by atoms with Crippen LogP contribution in [0.4, 0.5) is 11.5 Å². The summed E-state index contributed by atoms with van der Waals surface area (Å²) in [6, 6.07) is 11.5. The van der Waals surface area contributed by atoms with Crippen LogP contribution in [-0.4, -0.2) is 18.0 Å². The van der Waals surface area contributed by atoms with Crippen molar-refractivity contribution in [1.29, 1.82) is 0 Å². The minimum absolute atomic E-state index is 0.0333. The second-order valence-corrected chi connectivity index (χ2v) is 6.30. The number of nitrogens with one attached hydrogen (secondary N) is 2. The average molecular weight is 313 g/mol. The standard InChI is InChI=1S/C18H23N3O2/c1-18(2,3)17(22)21-14-9-10-16(20-12-14)19-11-13-7-5-6-8-15(13)23-4/h5-10,12H,11H2,1-4H3,(H,19,20)(H,21,22). The summed E-state index contributed by atoms with van der Waals surface area (Å²) in [4.78, 5) is 16.2. The summed E-state index contributed by atoms with van der Waals surface area (Å²) in [5.74, 6) is 1.55. The number of para-hydroxylation sites is 1. The predicted octanol–water partition coefficient (Wildman–Crippen LogP) is 3.69. The molecule has 0 saturated heterocycles. The van der Waals surface area contributed by atoms with Crippen LogP contribution in [-0.2, 0) is 11.3 Å². The van der Waals surface area contributed by atoms with E-state index in [1.165, 1.54) is 0 Å². The third kappa shape index (κ3) is 4.71. The molecule has 0 saturated carbocycles. The molecule has 0 unspecified atom stereocenters. The highest BCUT2D eigenvalue weighted by molar-refractivity contribution is 5.94. The van der Waals surface area contributed by atoms with Crippen molar-refractivity contribution in [2.24, 2.45) is 5.41 Å². The largest absolute Gasteiger partial charge is 0.496 e. The molecule has 2 aromatic rings. The Hall–Kier alpha value is -2.56. The van der Waals surface area contributed by atoms with Gasteiger partial charge in [0.15, 0.2) is 0 Å². The summed E-state index contributed by atoms with van der Waals surface area (Å²) < 4.78 is 5.32. The van der Waals surface area contributed by atoms with Gasteiger partial charge in [0.05, 0.1) is 19.0 Å². The fraction of sp³-hybridized carbons (Fsp3) is 0.333. The van der Waals surface area contributed by atoms with Crippen LogP contribution >= 0.6 is 0 Å². The van der Waals surface area contributed by atoms with Crippen molar-refractivity contribution < 1.29 is 9.53 Å². The van der Waals surface area contributed by atoms with E-state index in [0.29, 0.717) is 12.2 Å². The monoisotopic (exact) mass is 313 g/mol. The van der Waals surface area contributed by atoms with Crippen LogP contribution in [0.15, 0.2) is 42.6 Å². The number of ether oxygens (including phenoxy) is 1. The van der Waals surface area contributed by atoms with Gasteiger partial charge in [-0.05, 0) is 18.2 Å². The van der Waals surface area contributed by atoms with E-state index in [9.17, 15) is 4.79 Å². The molecule has 1 aromatic heterocycles. The highest BCUT2D eigenvalue weighted by atomic mass is 16.5. The first-order chi connectivity index (χ1) is 10.9. The van der Waals surface area contributed by atoms with Gasteiger partial charge in [0.25, 0.3) is 0 Å². The zero-order valence-corrected chi connectivity index (χ0v) is 14.0. The van der Waals surface area contributed by atoms with Crippen LogP contribution < -0.4 is 15.4 Å². The summed E-state index contributed by atoms with van der Waals surface area (Å²) in [5, 5.41) is 6.09. The molecule has 0 radical (unpaired) electrons. The van der Waals surface area contributed by atoms with Crippen LogP contribution in [0.5, 0.6) is 5.75 Å². The van der Waals surface area contributed by atoms with Gasteiger partial charge in [0.1, 0.15) is 11.6 Å². The molecule has 122 valence electrons. The second kappa shape index (κ2) is 7.13. The van der Waals surface area contributed by atoms with Crippen molar-refractivity contribution in [2.75, 3.05) is 17.7 Å². The number of carbonyl (C=O) groups excluding carboxylic acids is 1. The van der Waals surface area contributed by atoms with Gasteiger partial charge in [-0.15, -0.1) is 0 Å². The lowest BCUT2D eigenvalue weighted by Gasteiger charge is -2.17. The first kappa shape index (κ1) is 16.8. The van der Waals surface area contributed by atoms with E-state index in [1.807, 2.05) is 57.2 Å². The number of amides is 1. The molecule has 0 aliphatic rings. The zero-order chi connectivity index (χ0) is 16.9. The lowest BCUT2D eigenvalue weighted by molar-refractivity contribution is -0.123. The second-order valence-electron chi connectivity index (χ2n) is 6.30. The van der Waals surface area contributed by atoms with Crippen molar-refractivity contribution in [1.82, 2.24) is 4.98 Å². The molecular formula is C18H23N3O2.